The molecule has 0 heterocycles. The first kappa shape index (κ1) is 13.1. The van der Waals surface area contributed by atoms with Crippen LogP contribution in [0, 0.1) is 0 Å². The van der Waals surface area contributed by atoms with Gasteiger partial charge in [0.15, 0.2) is 0 Å². The van der Waals surface area contributed by atoms with E-state index in [1.165, 1.54) is 6.07 Å². The van der Waals surface area contributed by atoms with Crippen molar-refractivity contribution in [3.63, 3.8) is 0 Å². The van der Waals surface area contributed by atoms with Crippen LogP contribution in [0.4, 0.5) is 8.78 Å². The number of aliphatic hydroxyl groups excluding tert-OH is 1. The molecule has 1 rings (SSSR count). The Morgan fingerprint density at radius 1 is 1.06 bits per heavy atom. The van der Waals surface area contributed by atoms with Crippen molar-refractivity contribution in [3.8, 4) is 0 Å². The van der Waals surface area contributed by atoms with E-state index >= 15 is 0 Å². The Hall–Kier alpha value is -0.960. The summed E-state index contributed by atoms with van der Waals surface area (Å²) < 4.78 is 25.0. The quantitative estimate of drug-likeness (QED) is 0.791. The van der Waals surface area contributed by atoms with E-state index in [1.54, 1.807) is 12.1 Å². The molecule has 1 N–H and O–H groups in total. The molecule has 0 aliphatic rings. The molecule has 0 spiro atoms. The molecule has 0 amide bonds. The molecule has 1 aromatic carbocycles. The fourth-order valence-electron chi connectivity index (χ4n) is 1.82. The van der Waals surface area contributed by atoms with Gasteiger partial charge in [-0.1, -0.05) is 31.5 Å². The number of rotatable bonds is 6. The Balaban J connectivity index is 2.78. The average molecular weight is 228 g/mol. The van der Waals surface area contributed by atoms with Gasteiger partial charge in [0.25, 0.3) is 0 Å². The van der Waals surface area contributed by atoms with Crippen molar-refractivity contribution in [2.75, 3.05) is 0 Å². The lowest BCUT2D eigenvalue weighted by molar-refractivity contribution is 0.164. The molecule has 1 atom stereocenters. The molecule has 0 saturated carbocycles. The van der Waals surface area contributed by atoms with Gasteiger partial charge in [-0.3, -0.25) is 0 Å². The van der Waals surface area contributed by atoms with Crippen LogP contribution in [0.1, 0.15) is 36.5 Å². The third kappa shape index (κ3) is 3.89. The van der Waals surface area contributed by atoms with Crippen LogP contribution in [0.2, 0.25) is 0 Å². The summed E-state index contributed by atoms with van der Waals surface area (Å²) in [5.41, 5.74) is 1.77. The standard InChI is InChI=1S/C13H18F2O/c1-2-3-13(16)7-10-4-11(8-14)6-12(5-10)9-15/h4-6,13,16H,2-3,7-9H2,1H3. The van der Waals surface area contributed by atoms with Crippen LogP contribution in [0.5, 0.6) is 0 Å². The number of benzene rings is 1. The van der Waals surface area contributed by atoms with Gasteiger partial charge in [0, 0.05) is 0 Å². The van der Waals surface area contributed by atoms with Crippen LogP contribution in [0.3, 0.4) is 0 Å². The highest BCUT2D eigenvalue weighted by atomic mass is 19.1. The van der Waals surface area contributed by atoms with Gasteiger partial charge in [0.05, 0.1) is 6.10 Å². The van der Waals surface area contributed by atoms with Crippen LogP contribution < -0.4 is 0 Å². The van der Waals surface area contributed by atoms with Crippen molar-refractivity contribution in [2.45, 2.75) is 45.6 Å². The highest BCUT2D eigenvalue weighted by Crippen LogP contribution is 2.15. The second-order valence-corrected chi connectivity index (χ2v) is 4.07. The molecule has 0 bridgehead atoms. The molecule has 1 aromatic rings. The summed E-state index contributed by atoms with van der Waals surface area (Å²) in [5, 5.41) is 9.64. The van der Waals surface area contributed by atoms with Crippen molar-refractivity contribution in [1.82, 2.24) is 0 Å². The van der Waals surface area contributed by atoms with Crippen LogP contribution in [-0.4, -0.2) is 11.2 Å². The van der Waals surface area contributed by atoms with Crippen molar-refractivity contribution >= 4 is 0 Å². The third-order valence-electron chi connectivity index (χ3n) is 2.51. The van der Waals surface area contributed by atoms with E-state index in [4.69, 9.17) is 0 Å². The summed E-state index contributed by atoms with van der Waals surface area (Å²) >= 11 is 0. The van der Waals surface area contributed by atoms with E-state index in [-0.39, 0.29) is 0 Å². The molecule has 1 nitrogen and oxygen atoms in total. The smallest absolute Gasteiger partial charge is 0.115 e. The van der Waals surface area contributed by atoms with Gasteiger partial charge in [-0.2, -0.15) is 0 Å². The first-order chi connectivity index (χ1) is 7.69. The molecule has 16 heavy (non-hydrogen) atoms. The highest BCUT2D eigenvalue weighted by molar-refractivity contribution is 5.30. The van der Waals surface area contributed by atoms with Crippen molar-refractivity contribution in [3.05, 3.63) is 34.9 Å². The Morgan fingerprint density at radius 2 is 1.56 bits per heavy atom. The zero-order chi connectivity index (χ0) is 12.0. The molecule has 0 aliphatic carbocycles. The van der Waals surface area contributed by atoms with Gasteiger partial charge in [0.2, 0.25) is 0 Å². The number of hydrogen-bond acceptors (Lipinski definition) is 1. The lowest BCUT2D eigenvalue weighted by Crippen LogP contribution is -2.10. The summed E-state index contributed by atoms with van der Waals surface area (Å²) in [4.78, 5) is 0. The van der Waals surface area contributed by atoms with Gasteiger partial charge in [-0.25, -0.2) is 8.78 Å². The zero-order valence-electron chi connectivity index (χ0n) is 9.55. The van der Waals surface area contributed by atoms with Gasteiger partial charge in [0.1, 0.15) is 13.3 Å². The second-order valence-electron chi connectivity index (χ2n) is 4.07. The fraction of sp³-hybridized carbons (Fsp3) is 0.538. The predicted octanol–water partition coefficient (Wildman–Crippen LogP) is 3.33. The average Bonchev–Trinajstić information content (AvgIpc) is 2.28. The Morgan fingerprint density at radius 3 is 2.00 bits per heavy atom. The number of hydrogen-bond donors (Lipinski definition) is 1. The van der Waals surface area contributed by atoms with Crippen molar-refractivity contribution in [2.24, 2.45) is 0 Å². The van der Waals surface area contributed by atoms with E-state index < -0.39 is 19.5 Å². The summed E-state index contributed by atoms with van der Waals surface area (Å²) in [5.74, 6) is 0. The topological polar surface area (TPSA) is 20.2 Å². The maximum Gasteiger partial charge on any atom is 0.115 e. The summed E-state index contributed by atoms with van der Waals surface area (Å²) in [7, 11) is 0. The van der Waals surface area contributed by atoms with Gasteiger partial charge < -0.3 is 5.11 Å². The van der Waals surface area contributed by atoms with E-state index in [2.05, 4.69) is 0 Å². The number of aliphatic hydroxyl groups is 1. The first-order valence-corrected chi connectivity index (χ1v) is 5.61. The number of alkyl halides is 2. The van der Waals surface area contributed by atoms with Crippen molar-refractivity contribution < 1.29 is 13.9 Å². The third-order valence-corrected chi connectivity index (χ3v) is 2.51. The van der Waals surface area contributed by atoms with E-state index in [9.17, 15) is 13.9 Å². The predicted molar refractivity (Wildman–Crippen MR) is 60.7 cm³/mol. The van der Waals surface area contributed by atoms with E-state index in [0.717, 1.165) is 12.0 Å². The lowest BCUT2D eigenvalue weighted by atomic mass is 10.0. The first-order valence-electron chi connectivity index (χ1n) is 5.61. The minimum Gasteiger partial charge on any atom is -0.393 e. The Labute approximate surface area is 95.1 Å². The van der Waals surface area contributed by atoms with Crippen molar-refractivity contribution in [1.29, 1.82) is 0 Å². The molecule has 90 valence electrons. The largest absolute Gasteiger partial charge is 0.393 e. The summed E-state index contributed by atoms with van der Waals surface area (Å²) in [6.45, 7) is 0.809. The molecule has 1 unspecified atom stereocenters. The van der Waals surface area contributed by atoms with Crippen LogP contribution in [-0.2, 0) is 19.8 Å². The van der Waals surface area contributed by atoms with Crippen LogP contribution in [0.15, 0.2) is 18.2 Å². The highest BCUT2D eigenvalue weighted by Gasteiger charge is 2.07. The minimum absolute atomic E-state index is 0.424. The molecular formula is C13H18F2O. The summed E-state index contributed by atoms with van der Waals surface area (Å²) in [6, 6.07) is 4.91. The molecule has 0 fully saturated rings. The SMILES string of the molecule is CCCC(O)Cc1cc(CF)cc(CF)c1. The molecule has 3 heteroatoms. The minimum atomic E-state index is -0.593. The lowest BCUT2D eigenvalue weighted by Gasteiger charge is -2.11. The van der Waals surface area contributed by atoms with Crippen LogP contribution in [0.25, 0.3) is 0 Å². The zero-order valence-corrected chi connectivity index (χ0v) is 9.55. The van der Waals surface area contributed by atoms with Gasteiger partial charge in [-0.05, 0) is 29.5 Å². The maximum absolute atomic E-state index is 12.5. The fourth-order valence-corrected chi connectivity index (χ4v) is 1.82. The van der Waals surface area contributed by atoms with Gasteiger partial charge in [-0.15, -0.1) is 0 Å². The monoisotopic (exact) mass is 228 g/mol. The Bertz CT molecular complexity index is 303. The number of halogens is 2. The van der Waals surface area contributed by atoms with E-state index in [0.29, 0.717) is 24.0 Å². The second kappa shape index (κ2) is 6.59. The maximum atomic E-state index is 12.5. The molecule has 0 aliphatic heterocycles. The molecule has 0 radical (unpaired) electrons. The molecular weight excluding hydrogens is 210 g/mol. The van der Waals surface area contributed by atoms with Gasteiger partial charge >= 0.3 is 0 Å². The Kier molecular flexibility index (Phi) is 5.39. The van der Waals surface area contributed by atoms with Crippen LogP contribution >= 0.6 is 0 Å². The molecule has 0 saturated heterocycles. The van der Waals surface area contributed by atoms with E-state index in [1.807, 2.05) is 6.92 Å². The summed E-state index contributed by atoms with van der Waals surface area (Å²) in [6.07, 6.45) is 1.66. The molecule has 0 aromatic heterocycles. The normalized spacial score (nSPS) is 12.8.